The van der Waals surface area contributed by atoms with E-state index in [1.807, 2.05) is 6.92 Å². The van der Waals surface area contributed by atoms with E-state index in [1.54, 1.807) is 0 Å². The molecule has 2 N–H and O–H groups in total. The van der Waals surface area contributed by atoms with Gasteiger partial charge in [-0.15, -0.1) is 0 Å². The number of hydrogen-bond donors (Lipinski definition) is 1. The lowest BCUT2D eigenvalue weighted by molar-refractivity contribution is 0.335. The molecule has 96 valence electrons. The topological polar surface area (TPSA) is 35.2 Å². The molecule has 2 heteroatoms. The summed E-state index contributed by atoms with van der Waals surface area (Å²) in [7, 11) is 0. The third kappa shape index (κ3) is 4.78. The van der Waals surface area contributed by atoms with Crippen LogP contribution in [0.5, 0.6) is 5.75 Å². The van der Waals surface area contributed by atoms with Crippen LogP contribution in [0.15, 0.2) is 18.2 Å². The minimum Gasteiger partial charge on any atom is -0.494 e. The quantitative estimate of drug-likeness (QED) is 0.787. The Labute approximate surface area is 105 Å². The SMILES string of the molecule is CCOc1ccc(C)cc1CCC(C)CCN. The van der Waals surface area contributed by atoms with E-state index in [-0.39, 0.29) is 0 Å². The third-order valence-corrected chi connectivity index (χ3v) is 3.08. The number of rotatable bonds is 7. The summed E-state index contributed by atoms with van der Waals surface area (Å²) >= 11 is 0. The Morgan fingerprint density at radius 3 is 2.71 bits per heavy atom. The first-order valence-corrected chi connectivity index (χ1v) is 6.59. The molecule has 1 aromatic rings. The number of benzene rings is 1. The monoisotopic (exact) mass is 235 g/mol. The summed E-state index contributed by atoms with van der Waals surface area (Å²) in [4.78, 5) is 0. The van der Waals surface area contributed by atoms with Gasteiger partial charge in [0.25, 0.3) is 0 Å². The van der Waals surface area contributed by atoms with E-state index in [2.05, 4.69) is 32.0 Å². The first-order chi connectivity index (χ1) is 8.17. The fourth-order valence-electron chi connectivity index (χ4n) is 2.03. The molecule has 0 bridgehead atoms. The zero-order valence-corrected chi connectivity index (χ0v) is 11.3. The second kappa shape index (κ2) is 7.33. The van der Waals surface area contributed by atoms with Gasteiger partial charge in [-0.25, -0.2) is 0 Å². The second-order valence-electron chi connectivity index (χ2n) is 4.77. The molecule has 0 saturated carbocycles. The van der Waals surface area contributed by atoms with Gasteiger partial charge in [0.05, 0.1) is 6.61 Å². The zero-order chi connectivity index (χ0) is 12.7. The van der Waals surface area contributed by atoms with Gasteiger partial charge in [0.2, 0.25) is 0 Å². The van der Waals surface area contributed by atoms with E-state index in [0.717, 1.165) is 31.7 Å². The van der Waals surface area contributed by atoms with Gasteiger partial charge in [-0.1, -0.05) is 24.6 Å². The summed E-state index contributed by atoms with van der Waals surface area (Å²) in [6.45, 7) is 7.94. The molecule has 0 aliphatic rings. The molecule has 2 nitrogen and oxygen atoms in total. The van der Waals surface area contributed by atoms with Gasteiger partial charge >= 0.3 is 0 Å². The van der Waals surface area contributed by atoms with Gasteiger partial charge in [0.1, 0.15) is 5.75 Å². The average molecular weight is 235 g/mol. The summed E-state index contributed by atoms with van der Waals surface area (Å²) in [5.74, 6) is 1.73. The molecule has 0 radical (unpaired) electrons. The highest BCUT2D eigenvalue weighted by atomic mass is 16.5. The molecular weight excluding hydrogens is 210 g/mol. The van der Waals surface area contributed by atoms with Crippen LogP contribution in [0, 0.1) is 12.8 Å². The van der Waals surface area contributed by atoms with E-state index >= 15 is 0 Å². The van der Waals surface area contributed by atoms with Crippen LogP contribution in [-0.4, -0.2) is 13.2 Å². The molecule has 1 atom stereocenters. The summed E-state index contributed by atoms with van der Waals surface area (Å²) < 4.78 is 5.66. The minimum atomic E-state index is 0.690. The molecule has 17 heavy (non-hydrogen) atoms. The van der Waals surface area contributed by atoms with Gasteiger partial charge in [-0.3, -0.25) is 0 Å². The maximum absolute atomic E-state index is 5.66. The molecule has 0 aliphatic heterocycles. The third-order valence-electron chi connectivity index (χ3n) is 3.08. The van der Waals surface area contributed by atoms with Crippen molar-refractivity contribution in [2.45, 2.75) is 40.0 Å². The second-order valence-corrected chi connectivity index (χ2v) is 4.77. The molecule has 1 unspecified atom stereocenters. The Kier molecular flexibility index (Phi) is 6.06. The highest BCUT2D eigenvalue weighted by molar-refractivity contribution is 5.37. The molecule has 1 rings (SSSR count). The van der Waals surface area contributed by atoms with Crippen molar-refractivity contribution in [3.8, 4) is 5.75 Å². The van der Waals surface area contributed by atoms with Crippen molar-refractivity contribution in [1.29, 1.82) is 0 Å². The number of nitrogens with two attached hydrogens (primary N) is 1. The van der Waals surface area contributed by atoms with Crippen molar-refractivity contribution < 1.29 is 4.74 Å². The standard InChI is InChI=1S/C15H25NO/c1-4-17-15-8-6-13(3)11-14(15)7-5-12(2)9-10-16/h6,8,11-12H,4-5,7,9-10,16H2,1-3H3. The van der Waals surface area contributed by atoms with E-state index < -0.39 is 0 Å². The van der Waals surface area contributed by atoms with E-state index in [9.17, 15) is 0 Å². The summed E-state index contributed by atoms with van der Waals surface area (Å²) in [5.41, 5.74) is 8.21. The lowest BCUT2D eigenvalue weighted by Crippen LogP contribution is -2.07. The van der Waals surface area contributed by atoms with Crippen LogP contribution < -0.4 is 10.5 Å². The Morgan fingerprint density at radius 2 is 2.06 bits per heavy atom. The highest BCUT2D eigenvalue weighted by Gasteiger charge is 2.07. The van der Waals surface area contributed by atoms with Crippen LogP contribution in [0.2, 0.25) is 0 Å². The lowest BCUT2D eigenvalue weighted by Gasteiger charge is -2.14. The van der Waals surface area contributed by atoms with Crippen molar-refractivity contribution in [1.82, 2.24) is 0 Å². The van der Waals surface area contributed by atoms with E-state index in [0.29, 0.717) is 5.92 Å². The molecule has 0 aromatic heterocycles. The molecule has 0 fully saturated rings. The van der Waals surface area contributed by atoms with Crippen LogP contribution in [0.3, 0.4) is 0 Å². The molecule has 1 aromatic carbocycles. The van der Waals surface area contributed by atoms with Crippen molar-refractivity contribution in [3.05, 3.63) is 29.3 Å². The first kappa shape index (κ1) is 14.0. The van der Waals surface area contributed by atoms with E-state index in [1.165, 1.54) is 17.5 Å². The van der Waals surface area contributed by atoms with Crippen molar-refractivity contribution >= 4 is 0 Å². The van der Waals surface area contributed by atoms with Crippen molar-refractivity contribution in [2.24, 2.45) is 11.7 Å². The van der Waals surface area contributed by atoms with Gasteiger partial charge in [0, 0.05) is 0 Å². The number of hydrogen-bond acceptors (Lipinski definition) is 2. The predicted octanol–water partition coefficient (Wildman–Crippen LogP) is 3.31. The smallest absolute Gasteiger partial charge is 0.122 e. The minimum absolute atomic E-state index is 0.690. The van der Waals surface area contributed by atoms with Crippen molar-refractivity contribution in [3.63, 3.8) is 0 Å². The Morgan fingerprint density at radius 1 is 1.29 bits per heavy atom. The molecule has 0 spiro atoms. The van der Waals surface area contributed by atoms with Crippen LogP contribution >= 0.6 is 0 Å². The maximum atomic E-state index is 5.66. The fraction of sp³-hybridized carbons (Fsp3) is 0.600. The lowest BCUT2D eigenvalue weighted by atomic mass is 9.97. The first-order valence-electron chi connectivity index (χ1n) is 6.59. The van der Waals surface area contributed by atoms with Gasteiger partial charge < -0.3 is 10.5 Å². The molecule has 0 saturated heterocycles. The van der Waals surface area contributed by atoms with Gasteiger partial charge in [-0.05, 0) is 57.2 Å². The largest absolute Gasteiger partial charge is 0.494 e. The molecular formula is C15H25NO. The molecule has 0 amide bonds. The highest BCUT2D eigenvalue weighted by Crippen LogP contribution is 2.23. The van der Waals surface area contributed by atoms with Crippen LogP contribution in [0.25, 0.3) is 0 Å². The maximum Gasteiger partial charge on any atom is 0.122 e. The summed E-state index contributed by atoms with van der Waals surface area (Å²) in [6, 6.07) is 6.43. The summed E-state index contributed by atoms with van der Waals surface area (Å²) in [5, 5.41) is 0. The fourth-order valence-corrected chi connectivity index (χ4v) is 2.03. The zero-order valence-electron chi connectivity index (χ0n) is 11.3. The normalized spacial score (nSPS) is 12.5. The number of ether oxygens (including phenoxy) is 1. The van der Waals surface area contributed by atoms with Crippen LogP contribution in [0.1, 0.15) is 37.8 Å². The Balaban J connectivity index is 2.64. The van der Waals surface area contributed by atoms with Crippen LogP contribution in [0.4, 0.5) is 0 Å². The molecule has 0 heterocycles. The van der Waals surface area contributed by atoms with E-state index in [4.69, 9.17) is 10.5 Å². The Bertz CT molecular complexity index is 336. The summed E-state index contributed by atoms with van der Waals surface area (Å²) in [6.07, 6.45) is 3.37. The Hall–Kier alpha value is -1.02. The van der Waals surface area contributed by atoms with Gasteiger partial charge in [0.15, 0.2) is 0 Å². The predicted molar refractivity (Wildman–Crippen MR) is 73.5 cm³/mol. The molecule has 0 aliphatic carbocycles. The van der Waals surface area contributed by atoms with Crippen LogP contribution in [-0.2, 0) is 6.42 Å². The van der Waals surface area contributed by atoms with Crippen molar-refractivity contribution in [2.75, 3.05) is 13.2 Å². The number of aryl methyl sites for hydroxylation is 2. The average Bonchev–Trinajstić information content (AvgIpc) is 2.30. The van der Waals surface area contributed by atoms with Gasteiger partial charge in [-0.2, -0.15) is 0 Å².